The van der Waals surface area contributed by atoms with Gasteiger partial charge in [-0.05, 0) is 36.6 Å². The summed E-state index contributed by atoms with van der Waals surface area (Å²) in [5.74, 6) is -1.24. The van der Waals surface area contributed by atoms with Crippen LogP contribution in [-0.2, 0) is 9.53 Å². The molecule has 3 amide bonds. The van der Waals surface area contributed by atoms with Crippen molar-refractivity contribution in [3.8, 4) is 0 Å². The molecule has 1 unspecified atom stereocenters. The van der Waals surface area contributed by atoms with Gasteiger partial charge in [0.1, 0.15) is 0 Å². The number of ether oxygens (including phenoxy) is 1. The maximum absolute atomic E-state index is 12.5. The Morgan fingerprint density at radius 3 is 2.48 bits per heavy atom. The average molecular weight is 368 g/mol. The lowest BCUT2D eigenvalue weighted by atomic mass is 9.96. The van der Waals surface area contributed by atoms with E-state index in [2.05, 4.69) is 10.6 Å². The van der Waals surface area contributed by atoms with Gasteiger partial charge in [0, 0.05) is 6.04 Å². The van der Waals surface area contributed by atoms with E-state index in [4.69, 9.17) is 4.74 Å². The Bertz CT molecular complexity index is 838. The van der Waals surface area contributed by atoms with Gasteiger partial charge in [-0.15, -0.1) is 0 Å². The summed E-state index contributed by atoms with van der Waals surface area (Å²) in [7, 11) is 0. The van der Waals surface area contributed by atoms with Gasteiger partial charge in [-0.3, -0.25) is 10.1 Å². The quantitative estimate of drug-likeness (QED) is 0.809. The fraction of sp³-hybridized carbons (Fsp3) is 0.381. The number of fused-ring (bicyclic) bond motifs is 1. The predicted molar refractivity (Wildman–Crippen MR) is 102 cm³/mol. The minimum Gasteiger partial charge on any atom is -0.449 e. The van der Waals surface area contributed by atoms with Crippen molar-refractivity contribution in [2.45, 2.75) is 51.2 Å². The second-order valence-electron chi connectivity index (χ2n) is 6.87. The molecule has 1 aliphatic carbocycles. The molecule has 142 valence electrons. The van der Waals surface area contributed by atoms with Gasteiger partial charge < -0.3 is 10.1 Å². The summed E-state index contributed by atoms with van der Waals surface area (Å²) in [6.07, 6.45) is 4.12. The maximum Gasteiger partial charge on any atom is 0.339 e. The number of nitrogens with one attached hydrogen (secondary N) is 2. The first-order valence-electron chi connectivity index (χ1n) is 9.34. The van der Waals surface area contributed by atoms with E-state index in [1.807, 2.05) is 30.3 Å². The largest absolute Gasteiger partial charge is 0.449 e. The number of urea groups is 1. The molecule has 6 heteroatoms. The number of hydrogen-bond acceptors (Lipinski definition) is 4. The standard InChI is InChI=1S/C21H24N2O4/c1-14(19(24)23-21(26)22-16-10-3-2-4-11-16)27-20(25)18-13-7-9-15-8-5-6-12-17(15)18/h5-9,12-14,16H,2-4,10-11H2,1H3,(H2,22,23,24,26). The molecule has 0 saturated heterocycles. The van der Waals surface area contributed by atoms with Crippen molar-refractivity contribution >= 4 is 28.7 Å². The molecule has 2 aromatic carbocycles. The van der Waals surface area contributed by atoms with Gasteiger partial charge in [0.05, 0.1) is 5.56 Å². The first-order valence-corrected chi connectivity index (χ1v) is 9.34. The molecular formula is C21H24N2O4. The summed E-state index contributed by atoms with van der Waals surface area (Å²) in [4.78, 5) is 36.6. The smallest absolute Gasteiger partial charge is 0.339 e. The monoisotopic (exact) mass is 368 g/mol. The first kappa shape index (κ1) is 18.9. The van der Waals surface area contributed by atoms with Crippen LogP contribution < -0.4 is 10.6 Å². The second-order valence-corrected chi connectivity index (χ2v) is 6.87. The van der Waals surface area contributed by atoms with Gasteiger partial charge in [0.25, 0.3) is 5.91 Å². The molecule has 0 heterocycles. The van der Waals surface area contributed by atoms with E-state index >= 15 is 0 Å². The minimum atomic E-state index is -1.08. The van der Waals surface area contributed by atoms with Gasteiger partial charge in [0.15, 0.2) is 6.10 Å². The Labute approximate surface area is 158 Å². The summed E-state index contributed by atoms with van der Waals surface area (Å²) >= 11 is 0. The zero-order chi connectivity index (χ0) is 19.2. The van der Waals surface area contributed by atoms with E-state index in [1.54, 1.807) is 12.1 Å². The Morgan fingerprint density at radius 1 is 1.00 bits per heavy atom. The van der Waals surface area contributed by atoms with Crippen LogP contribution >= 0.6 is 0 Å². The highest BCUT2D eigenvalue weighted by Crippen LogP contribution is 2.20. The highest BCUT2D eigenvalue weighted by molar-refractivity contribution is 6.05. The van der Waals surface area contributed by atoms with Crippen LogP contribution in [0.5, 0.6) is 0 Å². The molecule has 27 heavy (non-hydrogen) atoms. The van der Waals surface area contributed by atoms with E-state index in [0.29, 0.717) is 5.56 Å². The Hall–Kier alpha value is -2.89. The van der Waals surface area contributed by atoms with Crippen LogP contribution in [0.4, 0.5) is 4.79 Å². The molecule has 0 aliphatic heterocycles. The predicted octanol–water partition coefficient (Wildman–Crippen LogP) is 3.54. The zero-order valence-electron chi connectivity index (χ0n) is 15.4. The lowest BCUT2D eigenvalue weighted by Gasteiger charge is -2.23. The van der Waals surface area contributed by atoms with Crippen LogP contribution in [0.15, 0.2) is 42.5 Å². The van der Waals surface area contributed by atoms with Gasteiger partial charge in [0.2, 0.25) is 0 Å². The molecule has 0 aromatic heterocycles. The number of imide groups is 1. The molecule has 1 atom stereocenters. The van der Waals surface area contributed by atoms with E-state index in [0.717, 1.165) is 36.5 Å². The number of amides is 3. The van der Waals surface area contributed by atoms with Crippen molar-refractivity contribution in [3.63, 3.8) is 0 Å². The molecule has 0 radical (unpaired) electrons. The Balaban J connectivity index is 1.57. The topological polar surface area (TPSA) is 84.5 Å². The van der Waals surface area contributed by atoms with Crippen molar-refractivity contribution in [2.75, 3.05) is 0 Å². The fourth-order valence-electron chi connectivity index (χ4n) is 3.36. The minimum absolute atomic E-state index is 0.0973. The van der Waals surface area contributed by atoms with Crippen LogP contribution in [0, 0.1) is 0 Å². The van der Waals surface area contributed by atoms with Crippen LogP contribution in [-0.4, -0.2) is 30.1 Å². The van der Waals surface area contributed by atoms with Crippen molar-refractivity contribution < 1.29 is 19.1 Å². The van der Waals surface area contributed by atoms with Crippen LogP contribution in [0.2, 0.25) is 0 Å². The third-order valence-corrected chi connectivity index (χ3v) is 4.84. The number of carbonyl (C=O) groups excluding carboxylic acids is 3. The van der Waals surface area contributed by atoms with E-state index in [-0.39, 0.29) is 6.04 Å². The van der Waals surface area contributed by atoms with Gasteiger partial charge in [-0.1, -0.05) is 55.7 Å². The van der Waals surface area contributed by atoms with E-state index < -0.39 is 24.0 Å². The summed E-state index contributed by atoms with van der Waals surface area (Å²) in [6, 6.07) is 12.3. The lowest BCUT2D eigenvalue weighted by molar-refractivity contribution is -0.127. The second kappa shape index (κ2) is 8.66. The summed E-state index contributed by atoms with van der Waals surface area (Å²) in [5, 5.41) is 6.73. The van der Waals surface area contributed by atoms with E-state index in [1.165, 1.54) is 13.3 Å². The van der Waals surface area contributed by atoms with Gasteiger partial charge >= 0.3 is 12.0 Å². The molecule has 2 N–H and O–H groups in total. The van der Waals surface area contributed by atoms with Gasteiger partial charge in [-0.25, -0.2) is 9.59 Å². The van der Waals surface area contributed by atoms with Crippen molar-refractivity contribution in [3.05, 3.63) is 48.0 Å². The number of benzene rings is 2. The normalized spacial score (nSPS) is 15.7. The van der Waals surface area contributed by atoms with E-state index in [9.17, 15) is 14.4 Å². The first-order chi connectivity index (χ1) is 13.0. The molecule has 1 saturated carbocycles. The molecule has 0 bridgehead atoms. The number of carbonyl (C=O) groups is 3. The fourth-order valence-corrected chi connectivity index (χ4v) is 3.36. The van der Waals surface area contributed by atoms with Gasteiger partial charge in [-0.2, -0.15) is 0 Å². The molecule has 6 nitrogen and oxygen atoms in total. The summed E-state index contributed by atoms with van der Waals surface area (Å²) in [5.41, 5.74) is 0.388. The highest BCUT2D eigenvalue weighted by atomic mass is 16.5. The lowest BCUT2D eigenvalue weighted by Crippen LogP contribution is -2.48. The van der Waals surface area contributed by atoms with Crippen LogP contribution in [0.25, 0.3) is 10.8 Å². The molecule has 2 aromatic rings. The molecular weight excluding hydrogens is 344 g/mol. The number of esters is 1. The van der Waals surface area contributed by atoms with Crippen molar-refractivity contribution in [1.29, 1.82) is 0 Å². The molecule has 1 fully saturated rings. The van der Waals surface area contributed by atoms with Crippen LogP contribution in [0.3, 0.4) is 0 Å². The highest BCUT2D eigenvalue weighted by Gasteiger charge is 2.23. The van der Waals surface area contributed by atoms with Crippen molar-refractivity contribution in [1.82, 2.24) is 10.6 Å². The average Bonchev–Trinajstić information content (AvgIpc) is 2.68. The summed E-state index contributed by atoms with van der Waals surface area (Å²) < 4.78 is 5.27. The Morgan fingerprint density at radius 2 is 1.70 bits per heavy atom. The van der Waals surface area contributed by atoms with Crippen molar-refractivity contribution in [2.24, 2.45) is 0 Å². The Kier molecular flexibility index (Phi) is 6.06. The number of rotatable bonds is 4. The summed E-state index contributed by atoms with van der Waals surface area (Å²) in [6.45, 7) is 1.45. The number of hydrogen-bond donors (Lipinski definition) is 2. The zero-order valence-corrected chi connectivity index (χ0v) is 15.4. The SMILES string of the molecule is CC(OC(=O)c1cccc2ccccc12)C(=O)NC(=O)NC1CCCCC1. The molecule has 1 aliphatic rings. The molecule has 3 rings (SSSR count). The molecule has 0 spiro atoms. The third kappa shape index (κ3) is 4.84. The maximum atomic E-state index is 12.5. The third-order valence-electron chi connectivity index (χ3n) is 4.84. The van der Waals surface area contributed by atoms with Crippen LogP contribution in [0.1, 0.15) is 49.4 Å².